The van der Waals surface area contributed by atoms with E-state index in [0.717, 1.165) is 5.56 Å². The number of halogens is 1. The minimum absolute atomic E-state index is 0.129. The van der Waals surface area contributed by atoms with Crippen molar-refractivity contribution in [1.29, 1.82) is 0 Å². The molecule has 4 aromatic rings. The van der Waals surface area contributed by atoms with E-state index in [1.807, 2.05) is 37.3 Å². The average molecular weight is 466 g/mol. The number of carbonyl (C=O) groups is 1. The molecule has 11 heteroatoms. The molecule has 3 aromatic heterocycles. The zero-order chi connectivity index (χ0) is 22.8. The van der Waals surface area contributed by atoms with Crippen LogP contribution < -0.4 is 4.74 Å². The molecule has 0 N–H and O–H groups in total. The van der Waals surface area contributed by atoms with E-state index < -0.39 is 11.2 Å². The van der Waals surface area contributed by atoms with E-state index in [0.29, 0.717) is 30.9 Å². The maximum Gasteiger partial charge on any atom is 0.278 e. The Morgan fingerprint density at radius 3 is 2.70 bits per heavy atom. The van der Waals surface area contributed by atoms with E-state index >= 15 is 0 Å². The van der Waals surface area contributed by atoms with Crippen molar-refractivity contribution in [2.45, 2.75) is 30.4 Å². The molecule has 1 aliphatic heterocycles. The van der Waals surface area contributed by atoms with Crippen LogP contribution in [0.4, 0.5) is 0 Å². The Bertz CT molecular complexity index is 1230. The van der Waals surface area contributed by atoms with Crippen LogP contribution in [-0.2, 0) is 10.5 Å². The van der Waals surface area contributed by atoms with Gasteiger partial charge in [0.15, 0.2) is 0 Å². The van der Waals surface area contributed by atoms with Crippen LogP contribution in [0.1, 0.15) is 30.7 Å². The summed E-state index contributed by atoms with van der Waals surface area (Å²) in [6.07, 6.45) is 5.78. The normalized spacial score (nSPS) is 22.4. The second kappa shape index (κ2) is 8.62. The fourth-order valence-electron chi connectivity index (χ4n) is 4.34. The first-order valence-corrected chi connectivity index (χ1v) is 10.9. The van der Waals surface area contributed by atoms with E-state index in [9.17, 15) is 4.79 Å². The van der Waals surface area contributed by atoms with Gasteiger partial charge in [-0.25, -0.2) is 4.98 Å². The molecule has 10 nitrogen and oxygen atoms in total. The topological polar surface area (TPSA) is 112 Å². The van der Waals surface area contributed by atoms with Crippen LogP contribution in [-0.4, -0.2) is 53.5 Å². The number of benzene rings is 1. The number of hydrogen-bond acceptors (Lipinski definition) is 8. The zero-order valence-electron chi connectivity index (χ0n) is 17.7. The standard InChI is InChI=1S/C22H20ClN7O3/c1-2-32-20-16(9-6-10-24-20)19-27-21(33-28-19)22(30-25-11-12-26-30)17(13-18(23)29(22)14-31)15-7-4-3-5-8-15/h3-12,14,17-18H,2,13H2,1H3. The number of aromatic nitrogens is 6. The summed E-state index contributed by atoms with van der Waals surface area (Å²) in [7, 11) is 0. The third-order valence-electron chi connectivity index (χ3n) is 5.68. The molecule has 1 aliphatic rings. The minimum atomic E-state index is -1.36. The van der Waals surface area contributed by atoms with Crippen molar-refractivity contribution in [3.63, 3.8) is 0 Å². The van der Waals surface area contributed by atoms with Gasteiger partial charge < -0.3 is 9.26 Å². The molecule has 0 radical (unpaired) electrons. The second-order valence-electron chi connectivity index (χ2n) is 7.40. The molecule has 0 saturated carbocycles. The summed E-state index contributed by atoms with van der Waals surface area (Å²) in [5.41, 5.74) is -0.516. The first-order chi connectivity index (χ1) is 16.2. The number of hydrogen-bond donors (Lipinski definition) is 0. The quantitative estimate of drug-likeness (QED) is 0.232. The lowest BCUT2D eigenvalue weighted by molar-refractivity contribution is -0.127. The number of likely N-dealkylation sites (tertiary alicyclic amines) is 1. The van der Waals surface area contributed by atoms with E-state index in [1.165, 1.54) is 22.1 Å². The Labute approximate surface area is 194 Å². The van der Waals surface area contributed by atoms with Crippen LogP contribution in [0.2, 0.25) is 0 Å². The first-order valence-electron chi connectivity index (χ1n) is 10.4. The van der Waals surface area contributed by atoms with Crippen molar-refractivity contribution in [1.82, 2.24) is 35.0 Å². The molecule has 1 saturated heterocycles. The van der Waals surface area contributed by atoms with Gasteiger partial charge in [0, 0.05) is 12.1 Å². The van der Waals surface area contributed by atoms with Gasteiger partial charge in [-0.2, -0.15) is 15.2 Å². The van der Waals surface area contributed by atoms with Crippen LogP contribution in [0.25, 0.3) is 11.4 Å². The number of pyridine rings is 1. The molecule has 168 valence electrons. The molecule has 0 spiro atoms. The third-order valence-corrected chi connectivity index (χ3v) is 6.07. The summed E-state index contributed by atoms with van der Waals surface area (Å²) in [5, 5.41) is 12.9. The van der Waals surface area contributed by atoms with Gasteiger partial charge in [-0.1, -0.05) is 47.1 Å². The Morgan fingerprint density at radius 1 is 1.18 bits per heavy atom. The summed E-state index contributed by atoms with van der Waals surface area (Å²) < 4.78 is 11.4. The van der Waals surface area contributed by atoms with Crippen LogP contribution >= 0.6 is 11.6 Å². The average Bonchev–Trinajstić information content (AvgIpc) is 3.60. The molecular weight excluding hydrogens is 446 g/mol. The summed E-state index contributed by atoms with van der Waals surface area (Å²) in [6.45, 7) is 2.29. The number of amides is 1. The van der Waals surface area contributed by atoms with Gasteiger partial charge in [-0.15, -0.1) is 4.80 Å². The highest BCUT2D eigenvalue weighted by Gasteiger charge is 2.61. The van der Waals surface area contributed by atoms with Crippen LogP contribution in [0.5, 0.6) is 5.88 Å². The number of carbonyl (C=O) groups excluding carboxylic acids is 1. The lowest BCUT2D eigenvalue weighted by atomic mass is 9.86. The Kier molecular flexibility index (Phi) is 5.51. The SMILES string of the molecule is CCOc1ncccc1-c1noc(C2(n3nccn3)C(c3ccccc3)CC(Cl)N2C=O)n1. The van der Waals surface area contributed by atoms with Crippen molar-refractivity contribution in [3.8, 4) is 17.3 Å². The summed E-state index contributed by atoms with van der Waals surface area (Å²) in [5.74, 6) is 0.423. The van der Waals surface area contributed by atoms with Gasteiger partial charge in [-0.3, -0.25) is 9.69 Å². The monoisotopic (exact) mass is 465 g/mol. The smallest absolute Gasteiger partial charge is 0.278 e. The largest absolute Gasteiger partial charge is 0.477 e. The molecule has 3 atom stereocenters. The fraction of sp³-hybridized carbons (Fsp3) is 0.273. The highest BCUT2D eigenvalue weighted by atomic mass is 35.5. The number of nitrogens with zero attached hydrogens (tertiary/aromatic N) is 7. The van der Waals surface area contributed by atoms with Crippen LogP contribution in [0.15, 0.2) is 65.6 Å². The lowest BCUT2D eigenvalue weighted by Crippen LogP contribution is -2.52. The fourth-order valence-corrected chi connectivity index (χ4v) is 4.71. The van der Waals surface area contributed by atoms with Gasteiger partial charge in [0.05, 0.1) is 24.6 Å². The van der Waals surface area contributed by atoms with E-state index in [4.69, 9.17) is 20.9 Å². The van der Waals surface area contributed by atoms with Crippen LogP contribution in [0, 0.1) is 0 Å². The predicted octanol–water partition coefficient (Wildman–Crippen LogP) is 3.03. The second-order valence-corrected chi connectivity index (χ2v) is 7.91. The summed E-state index contributed by atoms with van der Waals surface area (Å²) in [6, 6.07) is 13.2. The predicted molar refractivity (Wildman–Crippen MR) is 117 cm³/mol. The van der Waals surface area contributed by atoms with Crippen molar-refractivity contribution in [3.05, 3.63) is 72.5 Å². The van der Waals surface area contributed by atoms with Gasteiger partial charge in [-0.05, 0) is 31.0 Å². The molecule has 1 fully saturated rings. The molecule has 5 rings (SSSR count). The first kappa shape index (κ1) is 21.1. The van der Waals surface area contributed by atoms with Crippen molar-refractivity contribution < 1.29 is 14.1 Å². The number of ether oxygens (including phenoxy) is 1. The number of alkyl halides is 1. The van der Waals surface area contributed by atoms with Crippen molar-refractivity contribution in [2.75, 3.05) is 6.61 Å². The Morgan fingerprint density at radius 2 is 1.97 bits per heavy atom. The molecule has 1 aromatic carbocycles. The Balaban J connectivity index is 1.72. The van der Waals surface area contributed by atoms with E-state index in [1.54, 1.807) is 18.3 Å². The molecule has 0 aliphatic carbocycles. The van der Waals surface area contributed by atoms with Crippen molar-refractivity contribution in [2.24, 2.45) is 0 Å². The molecule has 1 amide bonds. The lowest BCUT2D eigenvalue weighted by Gasteiger charge is -2.36. The molecule has 33 heavy (non-hydrogen) atoms. The summed E-state index contributed by atoms with van der Waals surface area (Å²) >= 11 is 6.67. The molecule has 3 unspecified atom stereocenters. The van der Waals surface area contributed by atoms with Crippen LogP contribution in [0.3, 0.4) is 0 Å². The third kappa shape index (κ3) is 3.34. The molecule has 0 bridgehead atoms. The van der Waals surface area contributed by atoms with Gasteiger partial charge >= 0.3 is 0 Å². The minimum Gasteiger partial charge on any atom is -0.477 e. The highest BCUT2D eigenvalue weighted by molar-refractivity contribution is 6.21. The number of rotatable bonds is 7. The van der Waals surface area contributed by atoms with E-state index in [2.05, 4.69) is 25.3 Å². The zero-order valence-corrected chi connectivity index (χ0v) is 18.4. The van der Waals surface area contributed by atoms with Gasteiger partial charge in [0.2, 0.25) is 23.8 Å². The van der Waals surface area contributed by atoms with Crippen molar-refractivity contribution >= 4 is 18.0 Å². The molecular formula is C22H20ClN7O3. The maximum absolute atomic E-state index is 12.3. The highest BCUT2D eigenvalue weighted by Crippen LogP contribution is 2.52. The summed E-state index contributed by atoms with van der Waals surface area (Å²) in [4.78, 5) is 24.1. The van der Waals surface area contributed by atoms with Gasteiger partial charge in [0.1, 0.15) is 5.50 Å². The Hall–Kier alpha value is -3.79. The maximum atomic E-state index is 12.3. The van der Waals surface area contributed by atoms with Gasteiger partial charge in [0.25, 0.3) is 5.89 Å². The molecule has 4 heterocycles. The van der Waals surface area contributed by atoms with E-state index in [-0.39, 0.29) is 17.6 Å².